The summed E-state index contributed by atoms with van der Waals surface area (Å²) in [6, 6.07) is 12.7. The normalized spacial score (nSPS) is 10.3. The van der Waals surface area contributed by atoms with Gasteiger partial charge in [0.1, 0.15) is 5.69 Å². The van der Waals surface area contributed by atoms with Gasteiger partial charge in [0.2, 0.25) is 0 Å². The summed E-state index contributed by atoms with van der Waals surface area (Å²) in [6.07, 6.45) is 0. The highest BCUT2D eigenvalue weighted by atomic mass is 35.5. The maximum Gasteiger partial charge on any atom is 0.339 e. The van der Waals surface area contributed by atoms with E-state index in [0.29, 0.717) is 10.7 Å². The molecular formula is C20H16ClN3O5. The number of methoxy groups -OCH3 is 2. The molecule has 148 valence electrons. The zero-order valence-corrected chi connectivity index (χ0v) is 16.2. The van der Waals surface area contributed by atoms with Crippen molar-refractivity contribution in [2.45, 2.75) is 0 Å². The number of carbonyl (C=O) groups is 3. The Morgan fingerprint density at radius 1 is 0.966 bits per heavy atom. The van der Waals surface area contributed by atoms with Gasteiger partial charge in [-0.05, 0) is 36.4 Å². The number of hydrogen-bond acceptors (Lipinski definition) is 6. The number of ether oxygens (including phenoxy) is 2. The van der Waals surface area contributed by atoms with Crippen LogP contribution in [-0.2, 0) is 9.47 Å². The van der Waals surface area contributed by atoms with Crippen LogP contribution >= 0.6 is 11.6 Å². The average molecular weight is 414 g/mol. The van der Waals surface area contributed by atoms with Gasteiger partial charge in [0.15, 0.2) is 0 Å². The number of benzene rings is 2. The van der Waals surface area contributed by atoms with E-state index in [1.807, 2.05) is 0 Å². The molecule has 1 aromatic heterocycles. The Kier molecular flexibility index (Phi) is 5.94. The molecule has 0 fully saturated rings. The Bertz CT molecular complexity index is 1080. The molecule has 9 heteroatoms. The Hall–Kier alpha value is -3.65. The molecule has 0 radical (unpaired) electrons. The van der Waals surface area contributed by atoms with Gasteiger partial charge in [-0.25, -0.2) is 9.59 Å². The molecular weight excluding hydrogens is 398 g/mol. The lowest BCUT2D eigenvalue weighted by Crippen LogP contribution is -2.17. The van der Waals surface area contributed by atoms with Crippen molar-refractivity contribution in [2.24, 2.45) is 0 Å². The van der Waals surface area contributed by atoms with Gasteiger partial charge >= 0.3 is 11.9 Å². The number of H-pyrrole nitrogens is 1. The summed E-state index contributed by atoms with van der Waals surface area (Å²) in [7, 11) is 2.45. The monoisotopic (exact) mass is 413 g/mol. The Morgan fingerprint density at radius 3 is 2.31 bits per heavy atom. The smallest absolute Gasteiger partial charge is 0.339 e. The van der Waals surface area contributed by atoms with Crippen molar-refractivity contribution in [2.75, 3.05) is 19.5 Å². The van der Waals surface area contributed by atoms with Gasteiger partial charge in [-0.15, -0.1) is 0 Å². The Balaban J connectivity index is 1.88. The maximum atomic E-state index is 12.7. The first kappa shape index (κ1) is 20.1. The lowest BCUT2D eigenvalue weighted by molar-refractivity contribution is 0.0587. The molecule has 3 rings (SSSR count). The highest BCUT2D eigenvalue weighted by Crippen LogP contribution is 2.23. The first-order chi connectivity index (χ1) is 13.9. The van der Waals surface area contributed by atoms with E-state index in [9.17, 15) is 14.4 Å². The lowest BCUT2D eigenvalue weighted by Gasteiger charge is -2.10. The topological polar surface area (TPSA) is 110 Å². The third-order valence-corrected chi connectivity index (χ3v) is 4.31. The third kappa shape index (κ3) is 4.44. The summed E-state index contributed by atoms with van der Waals surface area (Å²) < 4.78 is 9.40. The van der Waals surface area contributed by atoms with Crippen LogP contribution in [-0.4, -0.2) is 42.3 Å². The number of halogens is 1. The summed E-state index contributed by atoms with van der Waals surface area (Å²) in [5, 5.41) is 9.95. The van der Waals surface area contributed by atoms with Crippen molar-refractivity contribution >= 4 is 35.1 Å². The molecule has 2 N–H and O–H groups in total. The minimum Gasteiger partial charge on any atom is -0.465 e. The first-order valence-corrected chi connectivity index (χ1v) is 8.74. The second-order valence-corrected chi connectivity index (χ2v) is 6.31. The Morgan fingerprint density at radius 2 is 1.66 bits per heavy atom. The highest BCUT2D eigenvalue weighted by Gasteiger charge is 2.19. The maximum absolute atomic E-state index is 12.7. The minimum atomic E-state index is -0.664. The summed E-state index contributed by atoms with van der Waals surface area (Å²) >= 11 is 5.88. The molecule has 0 aliphatic carbocycles. The van der Waals surface area contributed by atoms with Crippen molar-refractivity contribution in [1.29, 1.82) is 0 Å². The fraction of sp³-hybridized carbons (Fsp3) is 0.100. The third-order valence-electron chi connectivity index (χ3n) is 4.06. The predicted molar refractivity (Wildman–Crippen MR) is 106 cm³/mol. The molecule has 29 heavy (non-hydrogen) atoms. The quantitative estimate of drug-likeness (QED) is 0.619. The number of carbonyl (C=O) groups excluding carboxylic acids is 3. The molecule has 0 unspecified atom stereocenters. The number of amides is 1. The SMILES string of the molecule is COC(=O)c1ccc(C(=O)OC)c(NC(=O)c2cc(-c3ccc(Cl)cc3)n[nH]2)c1. The fourth-order valence-electron chi connectivity index (χ4n) is 2.58. The van der Waals surface area contributed by atoms with Crippen LogP contribution in [0.3, 0.4) is 0 Å². The number of nitrogens with zero attached hydrogens (tertiary/aromatic N) is 1. The molecule has 2 aromatic carbocycles. The number of anilines is 1. The van der Waals surface area contributed by atoms with Crippen LogP contribution in [0.15, 0.2) is 48.5 Å². The van der Waals surface area contributed by atoms with Crippen molar-refractivity contribution in [3.8, 4) is 11.3 Å². The molecule has 0 aliphatic rings. The van der Waals surface area contributed by atoms with E-state index in [0.717, 1.165) is 5.56 Å². The summed E-state index contributed by atoms with van der Waals surface area (Å²) in [6.45, 7) is 0. The molecule has 0 spiro atoms. The molecule has 0 aliphatic heterocycles. The lowest BCUT2D eigenvalue weighted by atomic mass is 10.1. The van der Waals surface area contributed by atoms with Gasteiger partial charge in [0.05, 0.1) is 36.7 Å². The van der Waals surface area contributed by atoms with Crippen LogP contribution in [0.2, 0.25) is 5.02 Å². The summed E-state index contributed by atoms with van der Waals surface area (Å²) in [4.78, 5) is 36.4. The molecule has 3 aromatic rings. The second-order valence-electron chi connectivity index (χ2n) is 5.87. The number of nitrogens with one attached hydrogen (secondary N) is 2. The average Bonchev–Trinajstić information content (AvgIpc) is 3.23. The van der Waals surface area contributed by atoms with Crippen LogP contribution in [0.5, 0.6) is 0 Å². The number of hydrogen-bond donors (Lipinski definition) is 2. The molecule has 1 amide bonds. The van der Waals surface area contributed by atoms with Gasteiger partial charge < -0.3 is 14.8 Å². The van der Waals surface area contributed by atoms with E-state index in [1.165, 1.54) is 32.4 Å². The molecule has 1 heterocycles. The molecule has 0 saturated carbocycles. The van der Waals surface area contributed by atoms with E-state index >= 15 is 0 Å². The van der Waals surface area contributed by atoms with Crippen LogP contribution in [0.25, 0.3) is 11.3 Å². The van der Waals surface area contributed by atoms with E-state index in [4.69, 9.17) is 16.3 Å². The van der Waals surface area contributed by atoms with E-state index in [1.54, 1.807) is 30.3 Å². The van der Waals surface area contributed by atoms with Crippen molar-refractivity contribution < 1.29 is 23.9 Å². The van der Waals surface area contributed by atoms with Crippen LogP contribution in [0.1, 0.15) is 31.2 Å². The number of rotatable bonds is 5. The van der Waals surface area contributed by atoms with Gasteiger partial charge in [0.25, 0.3) is 5.91 Å². The van der Waals surface area contributed by atoms with Gasteiger partial charge in [-0.1, -0.05) is 23.7 Å². The number of aromatic nitrogens is 2. The molecule has 0 atom stereocenters. The fourth-order valence-corrected chi connectivity index (χ4v) is 2.70. The Labute approximate surface area is 170 Å². The van der Waals surface area contributed by atoms with E-state index < -0.39 is 17.8 Å². The van der Waals surface area contributed by atoms with E-state index in [-0.39, 0.29) is 22.5 Å². The van der Waals surface area contributed by atoms with Crippen LogP contribution in [0.4, 0.5) is 5.69 Å². The summed E-state index contributed by atoms with van der Waals surface area (Å²) in [5.41, 5.74) is 1.84. The van der Waals surface area contributed by atoms with Gasteiger partial charge in [-0.3, -0.25) is 9.89 Å². The van der Waals surface area contributed by atoms with Crippen LogP contribution in [0, 0.1) is 0 Å². The van der Waals surface area contributed by atoms with Crippen molar-refractivity contribution in [3.05, 3.63) is 70.4 Å². The minimum absolute atomic E-state index is 0.0888. The predicted octanol–water partition coefficient (Wildman–Crippen LogP) is 3.56. The molecule has 8 nitrogen and oxygen atoms in total. The zero-order chi connectivity index (χ0) is 21.0. The number of esters is 2. The summed E-state index contributed by atoms with van der Waals surface area (Å²) in [5.74, 6) is -1.82. The molecule has 0 saturated heterocycles. The highest BCUT2D eigenvalue weighted by molar-refractivity contribution is 6.30. The van der Waals surface area contributed by atoms with E-state index in [2.05, 4.69) is 20.3 Å². The second kappa shape index (κ2) is 8.57. The van der Waals surface area contributed by atoms with Gasteiger partial charge in [0, 0.05) is 10.6 Å². The first-order valence-electron chi connectivity index (χ1n) is 8.36. The standard InChI is InChI=1S/C20H16ClN3O5/c1-28-19(26)12-5-8-14(20(27)29-2)16(9-12)22-18(25)17-10-15(23-24-17)11-3-6-13(21)7-4-11/h3-10H,1-2H3,(H,22,25)(H,23,24). The largest absolute Gasteiger partial charge is 0.465 e. The van der Waals surface area contributed by atoms with Gasteiger partial charge in [-0.2, -0.15) is 5.10 Å². The molecule has 0 bridgehead atoms. The van der Waals surface area contributed by atoms with Crippen molar-refractivity contribution in [3.63, 3.8) is 0 Å². The van der Waals surface area contributed by atoms with Crippen molar-refractivity contribution in [1.82, 2.24) is 10.2 Å². The number of aromatic amines is 1. The van der Waals surface area contributed by atoms with Crippen LogP contribution < -0.4 is 5.32 Å². The zero-order valence-electron chi connectivity index (χ0n) is 15.5.